The molecule has 0 aromatic heterocycles. The van der Waals surface area contributed by atoms with Crippen molar-refractivity contribution in [1.29, 1.82) is 0 Å². The number of unbranched alkanes of at least 4 members (excludes halogenated alkanes) is 11. The second-order valence-electron chi connectivity index (χ2n) is 12.2. The normalized spacial score (nSPS) is 13.2. The van der Waals surface area contributed by atoms with Gasteiger partial charge in [0.15, 0.2) is 0 Å². The van der Waals surface area contributed by atoms with E-state index in [1.807, 2.05) is 24.3 Å². The molecule has 4 nitrogen and oxygen atoms in total. The van der Waals surface area contributed by atoms with Crippen LogP contribution in [0.15, 0.2) is 54.1 Å². The smallest absolute Gasteiger partial charge is 0.255 e. The fourth-order valence-electron chi connectivity index (χ4n) is 5.12. The summed E-state index contributed by atoms with van der Waals surface area (Å²) < 4.78 is 6.30. The number of carbonyl (C=O) groups excluding carboxylic acids is 1. The lowest BCUT2D eigenvalue weighted by Crippen LogP contribution is -2.17. The van der Waals surface area contributed by atoms with Crippen LogP contribution in [-0.2, 0) is 12.0 Å². The Hall–Kier alpha value is -2.40. The SMILES string of the molecule is CCCCCCCCCCCCCCOc1cc(C(=O)Nc2cccc(CN3C=CSC3)c2)ccc1C(C)(C)C. The molecule has 40 heavy (non-hydrogen) atoms. The summed E-state index contributed by atoms with van der Waals surface area (Å²) in [7, 11) is 0. The number of hydrogen-bond donors (Lipinski definition) is 1. The van der Waals surface area contributed by atoms with Crippen LogP contribution in [0.4, 0.5) is 5.69 Å². The molecule has 0 unspecified atom stereocenters. The van der Waals surface area contributed by atoms with Crippen molar-refractivity contribution in [3.05, 3.63) is 70.8 Å². The summed E-state index contributed by atoms with van der Waals surface area (Å²) in [6.45, 7) is 10.4. The van der Waals surface area contributed by atoms with E-state index in [0.717, 1.165) is 35.8 Å². The van der Waals surface area contributed by atoms with E-state index < -0.39 is 0 Å². The summed E-state index contributed by atoms with van der Waals surface area (Å²) in [5.41, 5.74) is 3.71. The maximum atomic E-state index is 13.2. The lowest BCUT2D eigenvalue weighted by molar-refractivity contribution is 0.102. The van der Waals surface area contributed by atoms with Gasteiger partial charge in [-0.25, -0.2) is 0 Å². The van der Waals surface area contributed by atoms with Gasteiger partial charge < -0.3 is 15.0 Å². The molecular weight excluding hydrogens is 512 g/mol. The number of nitrogens with one attached hydrogen (secondary N) is 1. The van der Waals surface area contributed by atoms with E-state index in [2.05, 4.69) is 67.7 Å². The predicted molar refractivity (Wildman–Crippen MR) is 173 cm³/mol. The topological polar surface area (TPSA) is 41.6 Å². The number of amides is 1. The minimum Gasteiger partial charge on any atom is -0.493 e. The first-order valence-electron chi connectivity index (χ1n) is 15.6. The molecule has 1 heterocycles. The lowest BCUT2D eigenvalue weighted by Gasteiger charge is -2.23. The third kappa shape index (κ3) is 11.6. The molecule has 5 heteroatoms. The van der Waals surface area contributed by atoms with Gasteiger partial charge in [0.05, 0.1) is 12.5 Å². The predicted octanol–water partition coefficient (Wildman–Crippen LogP) is 10.3. The zero-order valence-corrected chi connectivity index (χ0v) is 26.3. The highest BCUT2D eigenvalue weighted by Gasteiger charge is 2.21. The Morgan fingerprint density at radius 1 is 0.900 bits per heavy atom. The quantitative estimate of drug-likeness (QED) is 0.183. The first kappa shape index (κ1) is 32.1. The Morgan fingerprint density at radius 3 is 2.20 bits per heavy atom. The number of nitrogens with zero attached hydrogens (tertiary/aromatic N) is 1. The van der Waals surface area contributed by atoms with Gasteiger partial charge >= 0.3 is 0 Å². The third-order valence-corrected chi connectivity index (χ3v) is 8.28. The van der Waals surface area contributed by atoms with Gasteiger partial charge in [-0.1, -0.05) is 117 Å². The minimum atomic E-state index is -0.107. The maximum Gasteiger partial charge on any atom is 0.255 e. The zero-order chi connectivity index (χ0) is 28.6. The van der Waals surface area contributed by atoms with E-state index in [1.165, 1.54) is 76.2 Å². The van der Waals surface area contributed by atoms with Crippen molar-refractivity contribution >= 4 is 23.4 Å². The monoisotopic (exact) mass is 564 g/mol. The highest BCUT2D eigenvalue weighted by Crippen LogP contribution is 2.33. The van der Waals surface area contributed by atoms with E-state index >= 15 is 0 Å². The summed E-state index contributed by atoms with van der Waals surface area (Å²) in [6, 6.07) is 14.0. The van der Waals surface area contributed by atoms with Crippen LogP contribution in [0, 0.1) is 0 Å². The fourth-order valence-corrected chi connectivity index (χ4v) is 5.84. The molecule has 1 N–H and O–H groups in total. The highest BCUT2D eigenvalue weighted by atomic mass is 32.2. The van der Waals surface area contributed by atoms with Crippen molar-refractivity contribution < 1.29 is 9.53 Å². The molecule has 2 aromatic rings. The van der Waals surface area contributed by atoms with Crippen molar-refractivity contribution in [2.75, 3.05) is 17.8 Å². The van der Waals surface area contributed by atoms with E-state index in [9.17, 15) is 4.79 Å². The van der Waals surface area contributed by atoms with Crippen molar-refractivity contribution in [3.63, 3.8) is 0 Å². The van der Waals surface area contributed by atoms with Gasteiger partial charge in [0, 0.05) is 24.0 Å². The molecular formula is C35H52N2O2S. The van der Waals surface area contributed by atoms with E-state index in [0.29, 0.717) is 12.2 Å². The molecule has 0 saturated carbocycles. The summed E-state index contributed by atoms with van der Waals surface area (Å²) in [5.74, 6) is 1.69. The van der Waals surface area contributed by atoms with Crippen molar-refractivity contribution in [2.24, 2.45) is 0 Å². The average Bonchev–Trinajstić information content (AvgIpc) is 3.44. The molecule has 1 aliphatic heterocycles. The van der Waals surface area contributed by atoms with Crippen LogP contribution >= 0.6 is 11.8 Å². The molecule has 0 aliphatic carbocycles. The van der Waals surface area contributed by atoms with Crippen molar-refractivity contribution in [2.45, 2.75) is 117 Å². The molecule has 0 spiro atoms. The number of hydrogen-bond acceptors (Lipinski definition) is 4. The first-order valence-corrected chi connectivity index (χ1v) is 16.6. The van der Waals surface area contributed by atoms with Crippen LogP contribution < -0.4 is 10.1 Å². The van der Waals surface area contributed by atoms with Gasteiger partial charge in [0.1, 0.15) is 5.75 Å². The van der Waals surface area contributed by atoms with Gasteiger partial charge in [-0.15, -0.1) is 11.8 Å². The fraction of sp³-hybridized carbons (Fsp3) is 0.571. The van der Waals surface area contributed by atoms with Crippen LogP contribution in [0.3, 0.4) is 0 Å². The van der Waals surface area contributed by atoms with Gasteiger partial charge in [-0.2, -0.15) is 0 Å². The van der Waals surface area contributed by atoms with Crippen molar-refractivity contribution in [1.82, 2.24) is 4.90 Å². The van der Waals surface area contributed by atoms with Gasteiger partial charge in [0.25, 0.3) is 5.91 Å². The average molecular weight is 565 g/mol. The minimum absolute atomic E-state index is 0.0580. The maximum absolute atomic E-state index is 13.2. The second-order valence-corrected chi connectivity index (χ2v) is 13.0. The molecule has 0 fully saturated rings. The molecule has 1 amide bonds. The van der Waals surface area contributed by atoms with E-state index in [1.54, 1.807) is 11.8 Å². The molecule has 0 bridgehead atoms. The van der Waals surface area contributed by atoms with Crippen LogP contribution in [0.25, 0.3) is 0 Å². The molecule has 3 rings (SSSR count). The number of anilines is 1. The Morgan fingerprint density at radius 2 is 1.57 bits per heavy atom. The van der Waals surface area contributed by atoms with Gasteiger partial charge in [-0.3, -0.25) is 4.79 Å². The second kappa shape index (κ2) is 17.4. The third-order valence-electron chi connectivity index (χ3n) is 7.49. The molecule has 2 aromatic carbocycles. The number of benzene rings is 2. The highest BCUT2D eigenvalue weighted by molar-refractivity contribution is 8.02. The number of ether oxygens (including phenoxy) is 1. The zero-order valence-electron chi connectivity index (χ0n) is 25.5. The van der Waals surface area contributed by atoms with Crippen LogP contribution in [-0.4, -0.2) is 23.3 Å². The van der Waals surface area contributed by atoms with Crippen LogP contribution in [0.2, 0.25) is 0 Å². The number of carbonyl (C=O) groups is 1. The van der Waals surface area contributed by atoms with Gasteiger partial charge in [0.2, 0.25) is 0 Å². The summed E-state index contributed by atoms with van der Waals surface area (Å²) in [6.07, 6.45) is 18.0. The Kier molecular flexibility index (Phi) is 14.0. The standard InChI is InChI=1S/C35H52N2O2S/c1-5-6-7-8-9-10-11-12-13-14-15-16-23-39-33-26-30(20-21-32(33)35(2,3)4)34(38)36-31-19-17-18-29(25-31)27-37-22-24-40-28-37/h17-22,24-26H,5-16,23,27-28H2,1-4H3,(H,36,38). The lowest BCUT2D eigenvalue weighted by atomic mass is 9.85. The van der Waals surface area contributed by atoms with E-state index in [-0.39, 0.29) is 11.3 Å². The summed E-state index contributed by atoms with van der Waals surface area (Å²) >= 11 is 1.80. The van der Waals surface area contributed by atoms with Gasteiger partial charge in [-0.05, 0) is 52.6 Å². The van der Waals surface area contributed by atoms with Crippen LogP contribution in [0.1, 0.15) is 126 Å². The summed E-state index contributed by atoms with van der Waals surface area (Å²) in [5, 5.41) is 5.21. The first-order chi connectivity index (χ1) is 19.4. The Labute approximate surface area is 248 Å². The number of rotatable bonds is 18. The molecule has 0 saturated heterocycles. The Bertz CT molecular complexity index is 1060. The number of thioether (sulfide) groups is 1. The Balaban J connectivity index is 1.45. The largest absolute Gasteiger partial charge is 0.493 e. The molecule has 0 atom stereocenters. The molecule has 1 aliphatic rings. The molecule has 220 valence electrons. The molecule has 0 radical (unpaired) electrons. The summed E-state index contributed by atoms with van der Waals surface area (Å²) in [4.78, 5) is 15.4. The van der Waals surface area contributed by atoms with E-state index in [4.69, 9.17) is 4.74 Å². The van der Waals surface area contributed by atoms with Crippen molar-refractivity contribution in [3.8, 4) is 5.75 Å². The van der Waals surface area contributed by atoms with Crippen LogP contribution in [0.5, 0.6) is 5.75 Å².